The van der Waals surface area contributed by atoms with E-state index in [9.17, 15) is 4.79 Å². The molecule has 0 bridgehead atoms. The molecule has 1 aromatic rings. The highest BCUT2D eigenvalue weighted by molar-refractivity contribution is 5.97. The Hall–Kier alpha value is -1.19. The smallest absolute Gasteiger partial charge is 0.176 e. The second kappa shape index (κ2) is 5.52. The molecule has 1 rings (SSSR count). The van der Waals surface area contributed by atoms with Gasteiger partial charge in [0.2, 0.25) is 0 Å². The number of aliphatic hydroxyl groups excluding tert-OH is 1. The molecule has 0 unspecified atom stereocenters. The Kier molecular flexibility index (Phi) is 4.29. The van der Waals surface area contributed by atoms with E-state index in [-0.39, 0.29) is 12.4 Å². The minimum Gasteiger partial charge on any atom is -0.395 e. The fourth-order valence-corrected chi connectivity index (χ4v) is 1.21. The molecule has 1 N–H and O–H groups in total. The van der Waals surface area contributed by atoms with E-state index < -0.39 is 0 Å². The van der Waals surface area contributed by atoms with Crippen LogP contribution in [0.1, 0.15) is 10.4 Å². The van der Waals surface area contributed by atoms with Crippen LogP contribution in [-0.2, 0) is 0 Å². The summed E-state index contributed by atoms with van der Waals surface area (Å²) in [5.41, 5.74) is 0.720. The third-order valence-corrected chi connectivity index (χ3v) is 1.99. The van der Waals surface area contributed by atoms with Crippen LogP contribution in [-0.4, -0.2) is 42.5 Å². The fourth-order valence-electron chi connectivity index (χ4n) is 1.21. The first kappa shape index (κ1) is 10.9. The molecule has 0 saturated carbocycles. The fraction of sp³-hybridized carbons (Fsp3) is 0.364. The summed E-state index contributed by atoms with van der Waals surface area (Å²) in [5, 5.41) is 8.67. The lowest BCUT2D eigenvalue weighted by atomic mass is 10.1. The molecule has 0 fully saturated rings. The second-order valence-corrected chi connectivity index (χ2v) is 3.25. The molecule has 0 aliphatic heterocycles. The van der Waals surface area contributed by atoms with Crippen molar-refractivity contribution >= 4 is 5.78 Å². The Labute approximate surface area is 84.0 Å². The molecule has 3 nitrogen and oxygen atoms in total. The molecule has 0 radical (unpaired) electrons. The number of hydrogen-bond acceptors (Lipinski definition) is 3. The number of likely N-dealkylation sites (N-methyl/N-ethyl adjacent to an activating group) is 1. The van der Waals surface area contributed by atoms with Crippen molar-refractivity contribution in [3.05, 3.63) is 35.9 Å². The van der Waals surface area contributed by atoms with Crippen LogP contribution >= 0.6 is 0 Å². The van der Waals surface area contributed by atoms with E-state index in [2.05, 4.69) is 0 Å². The molecule has 0 spiro atoms. The zero-order valence-corrected chi connectivity index (χ0v) is 8.31. The predicted molar refractivity (Wildman–Crippen MR) is 55.4 cm³/mol. The van der Waals surface area contributed by atoms with E-state index in [0.29, 0.717) is 13.1 Å². The summed E-state index contributed by atoms with van der Waals surface area (Å²) in [6.45, 7) is 0.960. The molecular weight excluding hydrogens is 178 g/mol. The van der Waals surface area contributed by atoms with Crippen molar-refractivity contribution < 1.29 is 9.90 Å². The molecule has 0 atom stereocenters. The number of carbonyl (C=O) groups is 1. The van der Waals surface area contributed by atoms with Crippen LogP contribution in [0.4, 0.5) is 0 Å². The maximum Gasteiger partial charge on any atom is 0.176 e. The van der Waals surface area contributed by atoms with E-state index in [4.69, 9.17) is 5.11 Å². The third kappa shape index (κ3) is 3.28. The predicted octanol–water partition coefficient (Wildman–Crippen LogP) is 0.793. The normalized spacial score (nSPS) is 10.5. The van der Waals surface area contributed by atoms with Crippen molar-refractivity contribution in [1.29, 1.82) is 0 Å². The van der Waals surface area contributed by atoms with Gasteiger partial charge in [0.05, 0.1) is 13.2 Å². The topological polar surface area (TPSA) is 40.5 Å². The van der Waals surface area contributed by atoms with Gasteiger partial charge in [0.25, 0.3) is 0 Å². The lowest BCUT2D eigenvalue weighted by Gasteiger charge is -2.13. The molecule has 0 aliphatic carbocycles. The second-order valence-electron chi connectivity index (χ2n) is 3.25. The van der Waals surface area contributed by atoms with Crippen molar-refractivity contribution in [2.75, 3.05) is 26.7 Å². The number of carbonyl (C=O) groups excluding carboxylic acids is 1. The largest absolute Gasteiger partial charge is 0.395 e. The van der Waals surface area contributed by atoms with Crippen LogP contribution < -0.4 is 0 Å². The standard InChI is InChI=1S/C11H15NO2/c1-12(7-8-13)9-11(14)10-5-3-2-4-6-10/h2-6,13H,7-9H2,1H3. The molecule has 1 aromatic carbocycles. The summed E-state index contributed by atoms with van der Waals surface area (Å²) in [5.74, 6) is 0.0848. The van der Waals surface area contributed by atoms with Gasteiger partial charge in [-0.15, -0.1) is 0 Å². The maximum absolute atomic E-state index is 11.6. The minimum absolute atomic E-state index is 0.0819. The van der Waals surface area contributed by atoms with Gasteiger partial charge in [-0.05, 0) is 7.05 Å². The highest BCUT2D eigenvalue weighted by atomic mass is 16.3. The first-order valence-corrected chi connectivity index (χ1v) is 4.61. The molecule has 0 aromatic heterocycles. The first-order valence-electron chi connectivity index (χ1n) is 4.61. The summed E-state index contributed by atoms with van der Waals surface area (Å²) >= 11 is 0. The van der Waals surface area contributed by atoms with Gasteiger partial charge >= 0.3 is 0 Å². The zero-order valence-electron chi connectivity index (χ0n) is 8.31. The van der Waals surface area contributed by atoms with Crippen LogP contribution in [0.15, 0.2) is 30.3 Å². The van der Waals surface area contributed by atoms with Crippen molar-refractivity contribution in [3.63, 3.8) is 0 Å². The number of benzene rings is 1. The number of nitrogens with zero attached hydrogens (tertiary/aromatic N) is 1. The number of Topliss-reactive ketones (excluding diaryl/α,β-unsaturated/α-hetero) is 1. The first-order chi connectivity index (χ1) is 6.74. The summed E-state index contributed by atoms with van der Waals surface area (Å²) in [7, 11) is 1.82. The Bertz CT molecular complexity index is 285. The van der Waals surface area contributed by atoms with Crippen molar-refractivity contribution in [3.8, 4) is 0 Å². The van der Waals surface area contributed by atoms with Crippen LogP contribution in [0.3, 0.4) is 0 Å². The van der Waals surface area contributed by atoms with Crippen LogP contribution in [0.25, 0.3) is 0 Å². The average Bonchev–Trinajstić information content (AvgIpc) is 2.19. The number of aliphatic hydroxyl groups is 1. The van der Waals surface area contributed by atoms with Gasteiger partial charge in [-0.3, -0.25) is 9.69 Å². The molecule has 0 amide bonds. The quantitative estimate of drug-likeness (QED) is 0.703. The Morgan fingerprint density at radius 3 is 2.57 bits per heavy atom. The highest BCUT2D eigenvalue weighted by Gasteiger charge is 2.07. The van der Waals surface area contributed by atoms with E-state index in [0.717, 1.165) is 5.56 Å². The molecule has 0 heterocycles. The Balaban J connectivity index is 2.51. The van der Waals surface area contributed by atoms with Crippen LogP contribution in [0.2, 0.25) is 0 Å². The minimum atomic E-state index is 0.0819. The van der Waals surface area contributed by atoms with E-state index in [1.165, 1.54) is 0 Å². The Morgan fingerprint density at radius 2 is 2.00 bits per heavy atom. The van der Waals surface area contributed by atoms with Gasteiger partial charge < -0.3 is 5.11 Å². The number of rotatable bonds is 5. The molecule has 0 saturated heterocycles. The molecule has 76 valence electrons. The van der Waals surface area contributed by atoms with Crippen molar-refractivity contribution in [2.24, 2.45) is 0 Å². The van der Waals surface area contributed by atoms with Crippen molar-refractivity contribution in [1.82, 2.24) is 4.90 Å². The lowest BCUT2D eigenvalue weighted by Crippen LogP contribution is -2.28. The van der Waals surface area contributed by atoms with Crippen molar-refractivity contribution in [2.45, 2.75) is 0 Å². The van der Waals surface area contributed by atoms with Gasteiger partial charge in [-0.25, -0.2) is 0 Å². The monoisotopic (exact) mass is 193 g/mol. The number of hydrogen-bond donors (Lipinski definition) is 1. The summed E-state index contributed by atoms with van der Waals surface area (Å²) < 4.78 is 0. The molecule has 3 heteroatoms. The average molecular weight is 193 g/mol. The lowest BCUT2D eigenvalue weighted by molar-refractivity contribution is 0.0936. The summed E-state index contributed by atoms with van der Waals surface area (Å²) in [6.07, 6.45) is 0. The summed E-state index contributed by atoms with van der Waals surface area (Å²) in [4.78, 5) is 13.4. The summed E-state index contributed by atoms with van der Waals surface area (Å²) in [6, 6.07) is 9.18. The zero-order chi connectivity index (χ0) is 10.4. The van der Waals surface area contributed by atoms with E-state index in [1.807, 2.05) is 25.2 Å². The van der Waals surface area contributed by atoms with Gasteiger partial charge in [0, 0.05) is 12.1 Å². The van der Waals surface area contributed by atoms with Gasteiger partial charge in [-0.2, -0.15) is 0 Å². The maximum atomic E-state index is 11.6. The highest BCUT2D eigenvalue weighted by Crippen LogP contribution is 2.00. The van der Waals surface area contributed by atoms with E-state index >= 15 is 0 Å². The third-order valence-electron chi connectivity index (χ3n) is 1.99. The van der Waals surface area contributed by atoms with E-state index in [1.54, 1.807) is 17.0 Å². The molecular formula is C11H15NO2. The van der Waals surface area contributed by atoms with Crippen LogP contribution in [0, 0.1) is 0 Å². The van der Waals surface area contributed by atoms with Gasteiger partial charge in [0.15, 0.2) is 5.78 Å². The molecule has 14 heavy (non-hydrogen) atoms. The van der Waals surface area contributed by atoms with Gasteiger partial charge in [-0.1, -0.05) is 30.3 Å². The van der Waals surface area contributed by atoms with Gasteiger partial charge in [0.1, 0.15) is 0 Å². The Morgan fingerprint density at radius 1 is 1.36 bits per heavy atom. The molecule has 0 aliphatic rings. The van der Waals surface area contributed by atoms with Crippen LogP contribution in [0.5, 0.6) is 0 Å². The number of ketones is 1. The SMILES string of the molecule is CN(CCO)CC(=O)c1ccccc1.